The van der Waals surface area contributed by atoms with Crippen molar-refractivity contribution in [2.75, 3.05) is 20.8 Å². The molecule has 0 aliphatic heterocycles. The minimum Gasteiger partial charge on any atom is -0.464 e. The molecule has 0 radical (unpaired) electrons. The van der Waals surface area contributed by atoms with Gasteiger partial charge in [0, 0.05) is 5.92 Å². The maximum atomic E-state index is 12.0. The number of ether oxygens (including phenoxy) is 2. The van der Waals surface area contributed by atoms with Crippen LogP contribution in [0.2, 0.25) is 0 Å². The molecule has 23 heavy (non-hydrogen) atoms. The van der Waals surface area contributed by atoms with Crippen molar-refractivity contribution in [3.05, 3.63) is 0 Å². The lowest BCUT2D eigenvalue weighted by Gasteiger charge is -2.34. The Balaban J connectivity index is 1.99. The van der Waals surface area contributed by atoms with E-state index in [9.17, 15) is 4.79 Å². The summed E-state index contributed by atoms with van der Waals surface area (Å²) in [7, 11) is 2.87. The number of hydrogen-bond donors (Lipinski definition) is 0. The summed E-state index contributed by atoms with van der Waals surface area (Å²) in [6, 6.07) is 0. The number of carbonyl (C=O) groups excluding carboxylic acids is 1. The van der Waals surface area contributed by atoms with Crippen LogP contribution in [0.4, 0.5) is 0 Å². The average Bonchev–Trinajstić information content (AvgIpc) is 2.59. The number of hydrogen-bond acceptors (Lipinski definition) is 5. The molecule has 0 bridgehead atoms. The second-order valence-corrected chi connectivity index (χ2v) is 6.94. The topological polar surface area (TPSA) is 57.1 Å². The van der Waals surface area contributed by atoms with Crippen molar-refractivity contribution < 1.29 is 19.1 Å². The van der Waals surface area contributed by atoms with Crippen LogP contribution in [0.5, 0.6) is 0 Å². The first-order valence-corrected chi connectivity index (χ1v) is 8.98. The van der Waals surface area contributed by atoms with Gasteiger partial charge in [0.05, 0.1) is 19.8 Å². The van der Waals surface area contributed by atoms with Gasteiger partial charge in [-0.25, -0.2) is 4.79 Å². The number of nitrogens with zero attached hydrogens (tertiary/aromatic N) is 1. The molecule has 0 saturated heterocycles. The van der Waals surface area contributed by atoms with Gasteiger partial charge in [-0.2, -0.15) is 0 Å². The van der Waals surface area contributed by atoms with Crippen LogP contribution >= 0.6 is 0 Å². The van der Waals surface area contributed by atoms with E-state index in [2.05, 4.69) is 12.1 Å². The molecule has 2 aliphatic rings. The molecule has 5 nitrogen and oxygen atoms in total. The van der Waals surface area contributed by atoms with E-state index in [4.69, 9.17) is 14.3 Å². The highest BCUT2D eigenvalue weighted by Crippen LogP contribution is 2.34. The Morgan fingerprint density at radius 1 is 1.04 bits per heavy atom. The van der Waals surface area contributed by atoms with Gasteiger partial charge in [0.2, 0.25) is 0 Å². The standard InChI is InChI=1S/C18H31NO4/c1-13-8-4-7-11-16(13)23-12-14-9-5-6-10-15(14)17(19-22-3)18(20)21-2/h13-16H,4-12H2,1-3H3/b19-17+. The first-order valence-electron chi connectivity index (χ1n) is 8.98. The molecule has 5 heteroatoms. The van der Waals surface area contributed by atoms with E-state index in [0.29, 0.717) is 30.3 Å². The predicted molar refractivity (Wildman–Crippen MR) is 89.3 cm³/mol. The molecule has 2 rings (SSSR count). The minimum absolute atomic E-state index is 0.0787. The van der Waals surface area contributed by atoms with E-state index >= 15 is 0 Å². The summed E-state index contributed by atoms with van der Waals surface area (Å²) in [6.07, 6.45) is 9.70. The highest BCUT2D eigenvalue weighted by molar-refractivity contribution is 6.37. The van der Waals surface area contributed by atoms with Gasteiger partial charge in [-0.05, 0) is 37.5 Å². The summed E-state index contributed by atoms with van der Waals surface area (Å²) in [5.41, 5.74) is 0.417. The van der Waals surface area contributed by atoms with Gasteiger partial charge in [0.25, 0.3) is 0 Å². The van der Waals surface area contributed by atoms with E-state index in [-0.39, 0.29) is 11.9 Å². The fraction of sp³-hybridized carbons (Fsp3) is 0.889. The van der Waals surface area contributed by atoms with Gasteiger partial charge in [-0.15, -0.1) is 0 Å². The van der Waals surface area contributed by atoms with E-state index in [0.717, 1.165) is 25.7 Å². The zero-order valence-corrected chi connectivity index (χ0v) is 14.8. The van der Waals surface area contributed by atoms with Crippen molar-refractivity contribution >= 4 is 11.7 Å². The quantitative estimate of drug-likeness (QED) is 0.425. The first kappa shape index (κ1) is 18.2. The molecular formula is C18H31NO4. The van der Waals surface area contributed by atoms with E-state index in [1.165, 1.54) is 39.9 Å². The normalized spacial score (nSPS) is 32.4. The van der Waals surface area contributed by atoms with Crippen LogP contribution in [0.25, 0.3) is 0 Å². The minimum atomic E-state index is -0.380. The van der Waals surface area contributed by atoms with E-state index in [1.807, 2.05) is 0 Å². The Kier molecular flexibility index (Phi) is 7.34. The SMILES string of the molecule is CO/N=C(/C(=O)OC)C1CCCCC1COC1CCCCC1C. The highest BCUT2D eigenvalue weighted by Gasteiger charge is 2.35. The third-order valence-corrected chi connectivity index (χ3v) is 5.40. The lowest BCUT2D eigenvalue weighted by molar-refractivity contribution is -0.133. The predicted octanol–water partition coefficient (Wildman–Crippen LogP) is 3.56. The molecule has 4 atom stereocenters. The molecule has 0 aromatic heterocycles. The largest absolute Gasteiger partial charge is 0.464 e. The monoisotopic (exact) mass is 325 g/mol. The van der Waals surface area contributed by atoms with Gasteiger partial charge in [-0.1, -0.05) is 37.8 Å². The van der Waals surface area contributed by atoms with Gasteiger partial charge in [0.15, 0.2) is 5.71 Å². The molecule has 0 amide bonds. The lowest BCUT2D eigenvalue weighted by atomic mass is 9.76. The molecule has 2 aliphatic carbocycles. The maximum absolute atomic E-state index is 12.0. The number of methoxy groups -OCH3 is 1. The zero-order chi connectivity index (χ0) is 16.7. The summed E-state index contributed by atoms with van der Waals surface area (Å²) in [4.78, 5) is 16.9. The zero-order valence-electron chi connectivity index (χ0n) is 14.8. The van der Waals surface area contributed by atoms with Crippen LogP contribution in [-0.2, 0) is 19.1 Å². The van der Waals surface area contributed by atoms with Crippen molar-refractivity contribution in [1.82, 2.24) is 0 Å². The number of oxime groups is 1. The number of carbonyl (C=O) groups is 1. The smallest absolute Gasteiger partial charge is 0.356 e. The second-order valence-electron chi connectivity index (χ2n) is 6.94. The van der Waals surface area contributed by atoms with Gasteiger partial charge >= 0.3 is 5.97 Å². The average molecular weight is 325 g/mol. The number of rotatable bonds is 6. The summed E-state index contributed by atoms with van der Waals surface area (Å²) < 4.78 is 11.1. The molecule has 132 valence electrons. The molecule has 0 aromatic carbocycles. The van der Waals surface area contributed by atoms with Crippen molar-refractivity contribution in [3.63, 3.8) is 0 Å². The van der Waals surface area contributed by atoms with Crippen LogP contribution < -0.4 is 0 Å². The Hall–Kier alpha value is -1.10. The summed E-state index contributed by atoms with van der Waals surface area (Å²) in [6.45, 7) is 2.99. The fourth-order valence-electron chi connectivity index (χ4n) is 4.00. The molecule has 0 spiro atoms. The van der Waals surface area contributed by atoms with E-state index in [1.54, 1.807) is 0 Å². The summed E-state index contributed by atoms with van der Waals surface area (Å²) in [5.74, 6) is 0.661. The molecule has 2 saturated carbocycles. The molecule has 0 heterocycles. The second kappa shape index (κ2) is 9.26. The van der Waals surface area contributed by atoms with E-state index < -0.39 is 0 Å². The first-order chi connectivity index (χ1) is 11.2. The Morgan fingerprint density at radius 3 is 2.43 bits per heavy atom. The van der Waals surface area contributed by atoms with Crippen LogP contribution in [-0.4, -0.2) is 38.6 Å². The van der Waals surface area contributed by atoms with Crippen LogP contribution in [0, 0.1) is 17.8 Å². The highest BCUT2D eigenvalue weighted by atomic mass is 16.6. The fourth-order valence-corrected chi connectivity index (χ4v) is 4.00. The van der Waals surface area contributed by atoms with Crippen LogP contribution in [0.1, 0.15) is 58.3 Å². The van der Waals surface area contributed by atoms with Crippen molar-refractivity contribution in [2.45, 2.75) is 64.4 Å². The van der Waals surface area contributed by atoms with Crippen molar-refractivity contribution in [1.29, 1.82) is 0 Å². The molecule has 0 N–H and O–H groups in total. The van der Waals surface area contributed by atoms with Gasteiger partial charge in [-0.3, -0.25) is 0 Å². The summed E-state index contributed by atoms with van der Waals surface area (Å²) >= 11 is 0. The van der Waals surface area contributed by atoms with Crippen LogP contribution in [0.3, 0.4) is 0 Å². The third kappa shape index (κ3) is 4.93. The Labute approximate surface area is 139 Å². The maximum Gasteiger partial charge on any atom is 0.356 e. The molecule has 0 aromatic rings. The van der Waals surface area contributed by atoms with Crippen LogP contribution in [0.15, 0.2) is 5.16 Å². The van der Waals surface area contributed by atoms with Gasteiger partial charge in [0.1, 0.15) is 7.11 Å². The van der Waals surface area contributed by atoms with Gasteiger partial charge < -0.3 is 14.3 Å². The Bertz CT molecular complexity index is 410. The Morgan fingerprint density at radius 2 is 1.74 bits per heavy atom. The molecule has 4 unspecified atom stereocenters. The molecular weight excluding hydrogens is 294 g/mol. The van der Waals surface area contributed by atoms with Crippen molar-refractivity contribution in [3.8, 4) is 0 Å². The summed E-state index contributed by atoms with van der Waals surface area (Å²) in [5, 5.41) is 3.97. The molecule has 2 fully saturated rings. The lowest BCUT2D eigenvalue weighted by Crippen LogP contribution is -2.37. The number of esters is 1. The third-order valence-electron chi connectivity index (χ3n) is 5.40. The van der Waals surface area contributed by atoms with Crippen molar-refractivity contribution in [2.24, 2.45) is 22.9 Å².